The van der Waals surface area contributed by atoms with E-state index >= 15 is 0 Å². The molecule has 0 aromatic rings. The van der Waals surface area contributed by atoms with E-state index in [0.717, 1.165) is 5.12 Å². The molecule has 0 saturated carbocycles. The van der Waals surface area contributed by atoms with Gasteiger partial charge in [-0.2, -0.15) is 5.12 Å². The summed E-state index contributed by atoms with van der Waals surface area (Å²) in [6, 6.07) is -0.795. The van der Waals surface area contributed by atoms with Crippen LogP contribution in [0, 0.1) is 4.91 Å². The fourth-order valence-electron chi connectivity index (χ4n) is 0.536. The van der Waals surface area contributed by atoms with Crippen molar-refractivity contribution in [2.24, 2.45) is 11.0 Å². The highest BCUT2D eigenvalue weighted by Gasteiger charge is 2.25. The maximum atomic E-state index is 10.4. The van der Waals surface area contributed by atoms with E-state index in [1.165, 1.54) is 0 Å². The molecule has 0 aliphatic carbocycles. The molecular weight excluding hydrogens is 160 g/mol. The van der Waals surface area contributed by atoms with Crippen molar-refractivity contribution in [1.82, 2.24) is 10.5 Å². The quantitative estimate of drug-likeness (QED) is 0.486. The van der Waals surface area contributed by atoms with E-state index in [0.29, 0.717) is 6.42 Å². The van der Waals surface area contributed by atoms with Crippen LogP contribution in [0.5, 0.6) is 0 Å². The number of urea groups is 1. The van der Waals surface area contributed by atoms with Gasteiger partial charge in [0.05, 0.1) is 10.8 Å². The Kier molecular flexibility index (Phi) is 3.46. The lowest BCUT2D eigenvalue weighted by Gasteiger charge is -2.31. The van der Waals surface area contributed by atoms with Gasteiger partial charge in [-0.05, 0) is 20.3 Å². The smallest absolute Gasteiger partial charge is 0.332 e. The molecule has 0 rings (SSSR count). The number of hydrazine groups is 1. The van der Waals surface area contributed by atoms with Crippen molar-refractivity contribution in [3.05, 3.63) is 4.91 Å². The van der Waals surface area contributed by atoms with Gasteiger partial charge in [0.2, 0.25) is 0 Å². The lowest BCUT2D eigenvalue weighted by atomic mass is 10.0. The molecule has 0 aliphatic heterocycles. The van der Waals surface area contributed by atoms with Gasteiger partial charge in [0.25, 0.3) is 0 Å². The Morgan fingerprint density at radius 2 is 2.17 bits per heavy atom. The number of nitrogens with zero attached hydrogens (tertiary/aromatic N) is 2. The summed E-state index contributed by atoms with van der Waals surface area (Å²) in [6.07, 6.45) is 0.666. The number of rotatable bonds is 4. The van der Waals surface area contributed by atoms with Gasteiger partial charge >= 0.3 is 6.03 Å². The van der Waals surface area contributed by atoms with Crippen LogP contribution in [0.15, 0.2) is 5.29 Å². The number of hydrogen-bond acceptors (Lipinski definition) is 3. The first-order chi connectivity index (χ1) is 5.44. The average molecular weight is 174 g/mol. The molecule has 3 N–H and O–H groups in total. The SMILES string of the molecule is CCC(C)(C)N(N=O)NC(N)=O. The minimum Gasteiger partial charge on any atom is -0.350 e. The van der Waals surface area contributed by atoms with Gasteiger partial charge in [-0.25, -0.2) is 10.2 Å². The summed E-state index contributed by atoms with van der Waals surface area (Å²) in [4.78, 5) is 20.7. The summed E-state index contributed by atoms with van der Waals surface area (Å²) in [5, 5.41) is 3.55. The van der Waals surface area contributed by atoms with Crippen LogP contribution in [-0.4, -0.2) is 16.7 Å². The third-order valence-corrected chi connectivity index (χ3v) is 1.74. The van der Waals surface area contributed by atoms with E-state index in [-0.39, 0.29) is 0 Å². The second-order valence-corrected chi connectivity index (χ2v) is 3.04. The normalized spacial score (nSPS) is 10.6. The van der Waals surface area contributed by atoms with E-state index in [9.17, 15) is 9.70 Å². The molecule has 0 bridgehead atoms. The minimum absolute atomic E-state index is 0.517. The second kappa shape index (κ2) is 3.89. The average Bonchev–Trinajstić information content (AvgIpc) is 1.99. The number of nitroso groups, excluding NO2 is 1. The second-order valence-electron chi connectivity index (χ2n) is 3.04. The summed E-state index contributed by atoms with van der Waals surface area (Å²) in [5.41, 5.74) is 6.43. The van der Waals surface area contributed by atoms with Crippen LogP contribution in [0.3, 0.4) is 0 Å². The summed E-state index contributed by atoms with van der Waals surface area (Å²) in [6.45, 7) is 5.41. The van der Waals surface area contributed by atoms with Crippen LogP contribution in [-0.2, 0) is 0 Å². The zero-order valence-corrected chi connectivity index (χ0v) is 7.50. The Bertz CT molecular complexity index is 180. The van der Waals surface area contributed by atoms with E-state index < -0.39 is 11.6 Å². The van der Waals surface area contributed by atoms with Gasteiger partial charge in [-0.1, -0.05) is 6.92 Å². The number of amides is 2. The molecule has 0 aliphatic rings. The van der Waals surface area contributed by atoms with Gasteiger partial charge < -0.3 is 5.73 Å². The first kappa shape index (κ1) is 10.7. The molecule has 2 amide bonds. The summed E-state index contributed by atoms with van der Waals surface area (Å²) in [7, 11) is 0. The zero-order valence-electron chi connectivity index (χ0n) is 7.50. The predicted molar refractivity (Wildman–Crippen MR) is 44.7 cm³/mol. The fourth-order valence-corrected chi connectivity index (χ4v) is 0.536. The summed E-state index contributed by atoms with van der Waals surface area (Å²) in [5.74, 6) is 0. The predicted octanol–water partition coefficient (Wildman–Crippen LogP) is 0.742. The third kappa shape index (κ3) is 2.73. The van der Waals surface area contributed by atoms with Gasteiger partial charge in [-0.3, -0.25) is 0 Å². The highest BCUT2D eigenvalue weighted by atomic mass is 16.3. The largest absolute Gasteiger partial charge is 0.350 e. The zero-order chi connectivity index (χ0) is 9.78. The monoisotopic (exact) mass is 174 g/mol. The number of hydrogen-bond donors (Lipinski definition) is 2. The third-order valence-electron chi connectivity index (χ3n) is 1.74. The van der Waals surface area contributed by atoms with Gasteiger partial charge in [0, 0.05) is 0 Å². The Morgan fingerprint density at radius 3 is 2.42 bits per heavy atom. The number of nitrogens with one attached hydrogen (secondary N) is 1. The van der Waals surface area contributed by atoms with Crippen LogP contribution in [0.2, 0.25) is 0 Å². The van der Waals surface area contributed by atoms with Crippen LogP contribution < -0.4 is 11.2 Å². The van der Waals surface area contributed by atoms with Crippen LogP contribution in [0.1, 0.15) is 27.2 Å². The minimum atomic E-state index is -0.795. The van der Waals surface area contributed by atoms with Gasteiger partial charge in [0.15, 0.2) is 0 Å². The lowest BCUT2D eigenvalue weighted by Crippen LogP contribution is -2.52. The standard InChI is InChI=1S/C6H14N4O2/c1-4-6(2,3)10(9-12)8-5(7)11/h4H2,1-3H3,(H3,7,8,11). The Hall–Kier alpha value is -1.33. The lowest BCUT2D eigenvalue weighted by molar-refractivity contribution is 0.0725. The molecular formula is C6H14N4O2. The topological polar surface area (TPSA) is 87.8 Å². The molecule has 0 unspecified atom stereocenters. The van der Waals surface area contributed by atoms with Crippen LogP contribution >= 0.6 is 0 Å². The van der Waals surface area contributed by atoms with Crippen LogP contribution in [0.4, 0.5) is 4.79 Å². The van der Waals surface area contributed by atoms with Crippen molar-refractivity contribution >= 4 is 6.03 Å². The molecule has 0 saturated heterocycles. The number of carbonyl (C=O) groups excluding carboxylic acids is 1. The molecule has 12 heavy (non-hydrogen) atoms. The molecule has 0 fully saturated rings. The van der Waals surface area contributed by atoms with E-state index in [4.69, 9.17) is 5.73 Å². The molecule has 6 heteroatoms. The van der Waals surface area contributed by atoms with Crippen molar-refractivity contribution in [3.63, 3.8) is 0 Å². The molecule has 0 atom stereocenters. The Labute approximate surface area is 71.0 Å². The van der Waals surface area contributed by atoms with Crippen molar-refractivity contribution in [3.8, 4) is 0 Å². The maximum Gasteiger partial charge on any atom is 0.332 e. The molecule has 6 nitrogen and oxygen atoms in total. The molecule has 0 aromatic carbocycles. The van der Waals surface area contributed by atoms with Crippen molar-refractivity contribution in [1.29, 1.82) is 0 Å². The summed E-state index contributed by atoms with van der Waals surface area (Å²) < 4.78 is 0. The number of nitrogens with two attached hydrogens (primary N) is 1. The number of primary amides is 1. The molecule has 70 valence electrons. The first-order valence-electron chi connectivity index (χ1n) is 3.63. The Morgan fingerprint density at radius 1 is 1.67 bits per heavy atom. The van der Waals surface area contributed by atoms with Gasteiger partial charge in [0.1, 0.15) is 0 Å². The van der Waals surface area contributed by atoms with Crippen molar-refractivity contribution in [2.45, 2.75) is 32.7 Å². The van der Waals surface area contributed by atoms with Crippen molar-refractivity contribution < 1.29 is 4.79 Å². The molecule has 0 spiro atoms. The fraction of sp³-hybridized carbons (Fsp3) is 0.833. The van der Waals surface area contributed by atoms with E-state index in [1.807, 2.05) is 6.92 Å². The Balaban J connectivity index is 4.33. The highest BCUT2D eigenvalue weighted by Crippen LogP contribution is 2.15. The highest BCUT2D eigenvalue weighted by molar-refractivity contribution is 5.70. The van der Waals surface area contributed by atoms with E-state index in [2.05, 4.69) is 10.7 Å². The van der Waals surface area contributed by atoms with Crippen LogP contribution in [0.25, 0.3) is 0 Å². The number of carbonyl (C=O) groups is 1. The van der Waals surface area contributed by atoms with E-state index in [1.54, 1.807) is 13.8 Å². The molecule has 0 heterocycles. The summed E-state index contributed by atoms with van der Waals surface area (Å²) >= 11 is 0. The van der Waals surface area contributed by atoms with Crippen molar-refractivity contribution in [2.75, 3.05) is 0 Å². The first-order valence-corrected chi connectivity index (χ1v) is 3.63. The maximum absolute atomic E-state index is 10.4. The van der Waals surface area contributed by atoms with Gasteiger partial charge in [-0.15, -0.1) is 4.91 Å². The molecule has 0 aromatic heterocycles. The molecule has 0 radical (unpaired) electrons.